The summed E-state index contributed by atoms with van der Waals surface area (Å²) in [5, 5.41) is 9.36. The van der Waals surface area contributed by atoms with Crippen LogP contribution in [0.2, 0.25) is 0 Å². The Kier molecular flexibility index (Phi) is 8.17. The van der Waals surface area contributed by atoms with Crippen LogP contribution in [-0.4, -0.2) is 56.6 Å². The van der Waals surface area contributed by atoms with E-state index in [0.29, 0.717) is 65.1 Å². The highest BCUT2D eigenvalue weighted by molar-refractivity contribution is 6.20. The summed E-state index contributed by atoms with van der Waals surface area (Å²) in [6.07, 6.45) is 4.68. The second-order valence-corrected chi connectivity index (χ2v) is 12.8. The van der Waals surface area contributed by atoms with Gasteiger partial charge in [-0.2, -0.15) is 5.26 Å². The van der Waals surface area contributed by atoms with Crippen molar-refractivity contribution in [2.75, 3.05) is 19.7 Å². The number of hydrogen-bond donors (Lipinski definition) is 0. The van der Waals surface area contributed by atoms with E-state index in [4.69, 9.17) is 9.47 Å². The number of benzene rings is 2. The van der Waals surface area contributed by atoms with Crippen LogP contribution in [0.5, 0.6) is 5.75 Å². The first-order valence-electron chi connectivity index (χ1n) is 15.4. The van der Waals surface area contributed by atoms with Crippen LogP contribution >= 0.6 is 0 Å². The van der Waals surface area contributed by atoms with Gasteiger partial charge < -0.3 is 14.4 Å². The molecular formula is C36H35N5O5. The minimum absolute atomic E-state index is 0.234. The summed E-state index contributed by atoms with van der Waals surface area (Å²) in [6.45, 7) is 9.25. The molecule has 0 spiro atoms. The van der Waals surface area contributed by atoms with Gasteiger partial charge in [-0.05, 0) is 87.9 Å². The van der Waals surface area contributed by atoms with Crippen molar-refractivity contribution in [3.63, 3.8) is 0 Å². The molecule has 10 heteroatoms. The second kappa shape index (κ2) is 12.2. The third-order valence-electron chi connectivity index (χ3n) is 8.42. The number of carbonyl (C=O) groups excluding carboxylic acids is 2. The van der Waals surface area contributed by atoms with Gasteiger partial charge in [0.15, 0.2) is 11.6 Å². The first kappa shape index (κ1) is 30.7. The molecule has 0 unspecified atom stereocenters. The molecule has 234 valence electrons. The number of ketones is 1. The smallest absolute Gasteiger partial charge is 0.410 e. The lowest BCUT2D eigenvalue weighted by Gasteiger charge is -2.33. The molecule has 2 aromatic carbocycles. The number of amides is 1. The molecule has 1 aliphatic heterocycles. The van der Waals surface area contributed by atoms with E-state index in [0.717, 1.165) is 24.0 Å². The van der Waals surface area contributed by atoms with Crippen LogP contribution in [0, 0.1) is 17.2 Å². The summed E-state index contributed by atoms with van der Waals surface area (Å²) in [5.74, 6) is 1.15. The van der Waals surface area contributed by atoms with Crippen molar-refractivity contribution < 1.29 is 19.1 Å². The average molecular weight is 618 g/mol. The van der Waals surface area contributed by atoms with Crippen molar-refractivity contribution in [1.82, 2.24) is 19.4 Å². The average Bonchev–Trinajstić information content (AvgIpc) is 3.33. The van der Waals surface area contributed by atoms with Crippen molar-refractivity contribution in [3.8, 4) is 34.3 Å². The van der Waals surface area contributed by atoms with Crippen molar-refractivity contribution in [1.29, 1.82) is 5.26 Å². The fraction of sp³-hybridized carbons (Fsp3) is 0.333. The molecule has 10 nitrogen and oxygen atoms in total. The molecule has 1 amide bonds. The van der Waals surface area contributed by atoms with E-state index in [9.17, 15) is 19.6 Å². The topological polar surface area (TPSA) is 127 Å². The Morgan fingerprint density at radius 3 is 2.41 bits per heavy atom. The first-order valence-corrected chi connectivity index (χ1v) is 15.4. The molecule has 0 saturated carbocycles. The quantitative estimate of drug-likeness (QED) is 0.226. The minimum atomic E-state index is -0.511. The molecule has 1 atom stereocenters. The van der Waals surface area contributed by atoms with Crippen molar-refractivity contribution >= 4 is 11.9 Å². The lowest BCUT2D eigenvalue weighted by molar-refractivity contribution is 0.0164. The largest absolute Gasteiger partial charge is 0.490 e. The number of carbonyl (C=O) groups is 2. The van der Waals surface area contributed by atoms with Crippen LogP contribution in [0.15, 0.2) is 71.8 Å². The van der Waals surface area contributed by atoms with Gasteiger partial charge in [-0.15, -0.1) is 0 Å². The third-order valence-corrected chi connectivity index (χ3v) is 8.42. The summed E-state index contributed by atoms with van der Waals surface area (Å²) < 4.78 is 13.0. The maximum Gasteiger partial charge on any atom is 0.410 e. The molecule has 6 rings (SSSR count). The van der Waals surface area contributed by atoms with Gasteiger partial charge in [-0.1, -0.05) is 18.2 Å². The van der Waals surface area contributed by atoms with Crippen LogP contribution in [0.3, 0.4) is 0 Å². The number of nitrogens with zero attached hydrogens (tertiary/aromatic N) is 5. The molecule has 0 radical (unpaired) electrons. The monoisotopic (exact) mass is 617 g/mol. The molecule has 4 aromatic rings. The van der Waals surface area contributed by atoms with Crippen LogP contribution < -0.4 is 10.3 Å². The Morgan fingerprint density at radius 1 is 1.00 bits per heavy atom. The molecule has 46 heavy (non-hydrogen) atoms. The zero-order valence-corrected chi connectivity index (χ0v) is 26.3. The normalized spacial score (nSPS) is 15.1. The predicted octanol–water partition coefficient (Wildman–Crippen LogP) is 6.02. The maximum atomic E-state index is 13.5. The van der Waals surface area contributed by atoms with Gasteiger partial charge in [0.25, 0.3) is 5.56 Å². The van der Waals surface area contributed by atoms with E-state index in [-0.39, 0.29) is 17.4 Å². The van der Waals surface area contributed by atoms with E-state index in [2.05, 4.69) is 16.0 Å². The lowest BCUT2D eigenvalue weighted by Crippen LogP contribution is -2.42. The number of fused-ring (bicyclic) bond motifs is 3. The standard InChI is InChI=1S/C36H35N5O5/c1-22(41-31(42)11-10-28-30-16-24(18-37)8-9-29(30)33(43)32(28)41)25-6-5-7-26(17-25)34-38-19-27(20-39-34)45-21-23-12-14-40(15-13-23)35(44)46-36(2,3)4/h5-11,16-17,19-20,22-23H,12-15,21H2,1-4H3/t22-/m1/s1. The van der Waals surface area contributed by atoms with Crippen LogP contribution in [0.1, 0.15) is 73.8 Å². The Morgan fingerprint density at radius 2 is 1.72 bits per heavy atom. The SMILES string of the molecule is C[C@H](c1cccc(-c2ncc(OCC3CCN(C(=O)OC(C)(C)C)CC3)cn2)c1)n1c2c(ccc1=O)-c1cc(C#N)ccc1C2=O. The zero-order valence-electron chi connectivity index (χ0n) is 26.3. The zero-order chi connectivity index (χ0) is 32.6. The second-order valence-electron chi connectivity index (χ2n) is 12.8. The highest BCUT2D eigenvalue weighted by Gasteiger charge is 2.32. The molecule has 1 saturated heterocycles. The Hall–Kier alpha value is -5.30. The predicted molar refractivity (Wildman–Crippen MR) is 172 cm³/mol. The lowest BCUT2D eigenvalue weighted by atomic mass is 9.98. The van der Waals surface area contributed by atoms with E-state index < -0.39 is 11.6 Å². The summed E-state index contributed by atoms with van der Waals surface area (Å²) in [6, 6.07) is 17.3. The molecule has 0 N–H and O–H groups in total. The van der Waals surface area contributed by atoms with Gasteiger partial charge in [0, 0.05) is 35.8 Å². The number of nitriles is 1. The summed E-state index contributed by atoms with van der Waals surface area (Å²) in [4.78, 5) is 49.8. The van der Waals surface area contributed by atoms with E-state index in [1.165, 1.54) is 10.6 Å². The van der Waals surface area contributed by atoms with Gasteiger partial charge >= 0.3 is 6.09 Å². The number of hydrogen-bond acceptors (Lipinski definition) is 8. The van der Waals surface area contributed by atoms with E-state index in [1.807, 2.05) is 52.0 Å². The van der Waals surface area contributed by atoms with Gasteiger partial charge in [0.1, 0.15) is 11.3 Å². The molecule has 0 bridgehead atoms. The Bertz CT molecular complexity index is 1910. The number of rotatable bonds is 6. The van der Waals surface area contributed by atoms with Crippen molar-refractivity contribution in [2.24, 2.45) is 5.92 Å². The fourth-order valence-electron chi connectivity index (χ4n) is 6.00. The first-order chi connectivity index (χ1) is 22.0. The summed E-state index contributed by atoms with van der Waals surface area (Å²) >= 11 is 0. The van der Waals surface area contributed by atoms with Gasteiger partial charge in [-0.25, -0.2) is 14.8 Å². The maximum absolute atomic E-state index is 13.5. The van der Waals surface area contributed by atoms with Gasteiger partial charge in [-0.3, -0.25) is 14.2 Å². The van der Waals surface area contributed by atoms with Gasteiger partial charge in [0.2, 0.25) is 5.78 Å². The van der Waals surface area contributed by atoms with Crippen LogP contribution in [0.4, 0.5) is 4.79 Å². The number of aromatic nitrogens is 3. The number of pyridine rings is 1. The number of piperidine rings is 1. The highest BCUT2D eigenvalue weighted by Crippen LogP contribution is 2.38. The fourth-order valence-corrected chi connectivity index (χ4v) is 6.00. The number of ether oxygens (including phenoxy) is 2. The van der Waals surface area contributed by atoms with E-state index >= 15 is 0 Å². The summed E-state index contributed by atoms with van der Waals surface area (Å²) in [5.41, 5.74) is 3.35. The molecule has 1 fully saturated rings. The molecular weight excluding hydrogens is 582 g/mol. The van der Waals surface area contributed by atoms with Crippen LogP contribution in [-0.2, 0) is 4.74 Å². The minimum Gasteiger partial charge on any atom is -0.490 e. The van der Waals surface area contributed by atoms with E-state index in [1.54, 1.807) is 41.6 Å². The molecule has 2 aliphatic rings. The molecule has 3 heterocycles. The summed E-state index contributed by atoms with van der Waals surface area (Å²) in [7, 11) is 0. The Balaban J connectivity index is 1.13. The van der Waals surface area contributed by atoms with Crippen molar-refractivity contribution in [2.45, 2.75) is 52.2 Å². The third kappa shape index (κ3) is 6.13. The Labute approximate surface area is 267 Å². The number of likely N-dealkylation sites (tertiary alicyclic amines) is 1. The molecule has 1 aliphatic carbocycles. The van der Waals surface area contributed by atoms with Crippen LogP contribution in [0.25, 0.3) is 22.5 Å². The van der Waals surface area contributed by atoms with Gasteiger partial charge in [0.05, 0.1) is 36.7 Å². The van der Waals surface area contributed by atoms with Crippen molar-refractivity contribution in [3.05, 3.63) is 99.7 Å². The molecule has 2 aromatic heterocycles. The highest BCUT2D eigenvalue weighted by atomic mass is 16.6.